The number of nitrogens with zero attached hydrogens (tertiary/aromatic N) is 4. The molecule has 1 amide bonds. The summed E-state index contributed by atoms with van der Waals surface area (Å²) in [7, 11) is 0. The molecule has 0 saturated heterocycles. The third-order valence-electron chi connectivity index (χ3n) is 6.43. The standard InChI is InChI=1S/C25H24ClN5O2/c1-15-4-7-21-19(10-15)23(16(2)32)22-8-9-25(3,12-31(21)22)29-24(33)18-6-5-17(11-20(18)26)30-13-27-28-14-30/h4-7,10-11,13-14H,8-9,12H2,1-3H3,(H,29,33)/t25-/m1/s1. The number of carbonyl (C=O) groups excluding carboxylic acids is 2. The Morgan fingerprint density at radius 1 is 1.12 bits per heavy atom. The monoisotopic (exact) mass is 461 g/mol. The quantitative estimate of drug-likeness (QED) is 0.453. The van der Waals surface area contributed by atoms with E-state index in [0.717, 1.165) is 39.8 Å². The first-order valence-corrected chi connectivity index (χ1v) is 11.2. The molecule has 3 heterocycles. The van der Waals surface area contributed by atoms with Crippen LogP contribution in [-0.2, 0) is 13.0 Å². The Kier molecular flexibility index (Phi) is 5.09. The van der Waals surface area contributed by atoms with Gasteiger partial charge in [-0.3, -0.25) is 14.2 Å². The normalized spacial score (nSPS) is 17.7. The minimum absolute atomic E-state index is 0.0759. The predicted octanol–water partition coefficient (Wildman–Crippen LogP) is 4.52. The number of ketones is 1. The second-order valence-corrected chi connectivity index (χ2v) is 9.44. The van der Waals surface area contributed by atoms with E-state index in [4.69, 9.17) is 11.6 Å². The molecule has 2 aromatic heterocycles. The molecule has 33 heavy (non-hydrogen) atoms. The van der Waals surface area contributed by atoms with Crippen LogP contribution in [0.3, 0.4) is 0 Å². The fourth-order valence-electron chi connectivity index (χ4n) is 4.80. The molecule has 168 valence electrons. The molecule has 7 nitrogen and oxygen atoms in total. The van der Waals surface area contributed by atoms with Crippen LogP contribution in [0.15, 0.2) is 49.1 Å². The molecule has 0 unspecified atom stereocenters. The van der Waals surface area contributed by atoms with Crippen molar-refractivity contribution in [2.75, 3.05) is 0 Å². The highest BCUT2D eigenvalue weighted by molar-refractivity contribution is 6.34. The van der Waals surface area contributed by atoms with Gasteiger partial charge < -0.3 is 9.88 Å². The van der Waals surface area contributed by atoms with Crippen LogP contribution in [-0.4, -0.2) is 36.6 Å². The maximum absolute atomic E-state index is 13.2. The number of hydrogen-bond donors (Lipinski definition) is 1. The van der Waals surface area contributed by atoms with Crippen LogP contribution in [0.4, 0.5) is 0 Å². The number of aromatic nitrogens is 4. The summed E-state index contributed by atoms with van der Waals surface area (Å²) in [5.74, 6) is -0.146. The Labute approximate surface area is 196 Å². The molecule has 0 spiro atoms. The number of aryl methyl sites for hydroxylation is 1. The Morgan fingerprint density at radius 2 is 1.88 bits per heavy atom. The van der Waals surface area contributed by atoms with Crippen LogP contribution >= 0.6 is 11.6 Å². The van der Waals surface area contributed by atoms with E-state index in [1.165, 1.54) is 0 Å². The molecule has 1 atom stereocenters. The highest BCUT2D eigenvalue weighted by atomic mass is 35.5. The van der Waals surface area contributed by atoms with Crippen molar-refractivity contribution < 1.29 is 9.59 Å². The summed E-state index contributed by atoms with van der Waals surface area (Å²) < 4.78 is 3.91. The molecule has 8 heteroatoms. The molecule has 1 aliphatic rings. The largest absolute Gasteiger partial charge is 0.345 e. The molecule has 0 saturated carbocycles. The van der Waals surface area contributed by atoms with Gasteiger partial charge in [0.05, 0.1) is 16.1 Å². The molecule has 0 radical (unpaired) electrons. The zero-order chi connectivity index (χ0) is 23.3. The van der Waals surface area contributed by atoms with E-state index in [1.54, 1.807) is 36.3 Å². The second-order valence-electron chi connectivity index (χ2n) is 9.03. The summed E-state index contributed by atoms with van der Waals surface area (Å²) in [4.78, 5) is 25.7. The highest BCUT2D eigenvalue weighted by Gasteiger charge is 2.35. The summed E-state index contributed by atoms with van der Waals surface area (Å²) in [6, 6.07) is 11.4. The van der Waals surface area contributed by atoms with Crippen LogP contribution in [0, 0.1) is 6.92 Å². The smallest absolute Gasteiger partial charge is 0.253 e. The lowest BCUT2D eigenvalue weighted by Gasteiger charge is -2.36. The molecule has 5 rings (SSSR count). The molecular weight excluding hydrogens is 438 g/mol. The van der Waals surface area contributed by atoms with Crippen molar-refractivity contribution in [1.82, 2.24) is 24.6 Å². The number of Topliss-reactive ketones (excluding diaryl/α,β-unsaturated/α-hetero) is 1. The van der Waals surface area contributed by atoms with Crippen LogP contribution < -0.4 is 5.32 Å². The maximum Gasteiger partial charge on any atom is 0.253 e. The van der Waals surface area contributed by atoms with E-state index >= 15 is 0 Å². The van der Waals surface area contributed by atoms with Crippen LogP contribution in [0.25, 0.3) is 16.6 Å². The van der Waals surface area contributed by atoms with E-state index in [0.29, 0.717) is 23.6 Å². The number of nitrogens with one attached hydrogen (secondary N) is 1. The lowest BCUT2D eigenvalue weighted by Crippen LogP contribution is -2.51. The molecule has 0 fully saturated rings. The lowest BCUT2D eigenvalue weighted by atomic mass is 9.89. The average Bonchev–Trinajstić information content (AvgIpc) is 3.39. The molecule has 0 aliphatic carbocycles. The van der Waals surface area contributed by atoms with Crippen molar-refractivity contribution in [1.29, 1.82) is 0 Å². The lowest BCUT2D eigenvalue weighted by molar-refractivity contribution is 0.0881. The molecule has 1 N–H and O–H groups in total. The van der Waals surface area contributed by atoms with Gasteiger partial charge in [0.25, 0.3) is 5.91 Å². The van der Waals surface area contributed by atoms with Gasteiger partial charge in [-0.1, -0.05) is 23.2 Å². The van der Waals surface area contributed by atoms with Crippen molar-refractivity contribution in [2.24, 2.45) is 0 Å². The number of rotatable bonds is 4. The summed E-state index contributed by atoms with van der Waals surface area (Å²) >= 11 is 6.46. The van der Waals surface area contributed by atoms with E-state index in [1.807, 2.05) is 19.9 Å². The van der Waals surface area contributed by atoms with Crippen LogP contribution in [0.5, 0.6) is 0 Å². The number of halogens is 1. The number of hydrogen-bond acceptors (Lipinski definition) is 4. The molecular formula is C25H24ClN5O2. The Hall–Kier alpha value is -3.45. The molecule has 1 aliphatic heterocycles. The fourth-order valence-corrected chi connectivity index (χ4v) is 5.06. The van der Waals surface area contributed by atoms with Gasteiger partial charge in [-0.15, -0.1) is 10.2 Å². The summed E-state index contributed by atoms with van der Waals surface area (Å²) in [6.45, 7) is 6.28. The van der Waals surface area contributed by atoms with Gasteiger partial charge in [0.15, 0.2) is 5.78 Å². The van der Waals surface area contributed by atoms with E-state index < -0.39 is 5.54 Å². The Bertz CT molecular complexity index is 1410. The van der Waals surface area contributed by atoms with Gasteiger partial charge in [0, 0.05) is 34.4 Å². The summed E-state index contributed by atoms with van der Waals surface area (Å²) in [6.07, 6.45) is 4.58. The zero-order valence-corrected chi connectivity index (χ0v) is 19.5. The van der Waals surface area contributed by atoms with Crippen LogP contribution in [0.2, 0.25) is 5.02 Å². The summed E-state index contributed by atoms with van der Waals surface area (Å²) in [5.41, 5.74) is 4.70. The SMILES string of the molecule is CC(=O)c1c2n(c3ccc(C)cc13)C[C@](C)(NC(=O)c1ccc(-n3cnnc3)cc1Cl)CC2. The van der Waals surface area contributed by atoms with Gasteiger partial charge in [-0.05, 0) is 63.9 Å². The predicted molar refractivity (Wildman–Crippen MR) is 127 cm³/mol. The van der Waals surface area contributed by atoms with Crippen molar-refractivity contribution in [3.8, 4) is 5.69 Å². The first kappa shape index (κ1) is 21.4. The second kappa shape index (κ2) is 7.85. The molecule has 0 bridgehead atoms. The van der Waals surface area contributed by atoms with Crippen molar-refractivity contribution in [3.63, 3.8) is 0 Å². The van der Waals surface area contributed by atoms with E-state index in [9.17, 15) is 9.59 Å². The number of benzene rings is 2. The van der Waals surface area contributed by atoms with Gasteiger partial charge in [-0.2, -0.15) is 0 Å². The first-order chi connectivity index (χ1) is 15.8. The minimum atomic E-state index is -0.481. The van der Waals surface area contributed by atoms with Crippen molar-refractivity contribution in [3.05, 3.63) is 76.5 Å². The van der Waals surface area contributed by atoms with Crippen molar-refractivity contribution >= 4 is 34.2 Å². The number of fused-ring (bicyclic) bond motifs is 3. The zero-order valence-electron chi connectivity index (χ0n) is 18.7. The Morgan fingerprint density at radius 3 is 2.58 bits per heavy atom. The van der Waals surface area contributed by atoms with Crippen molar-refractivity contribution in [2.45, 2.75) is 45.7 Å². The fraction of sp³-hybridized carbons (Fsp3) is 0.280. The molecule has 2 aromatic carbocycles. The van der Waals surface area contributed by atoms with E-state index in [-0.39, 0.29) is 11.7 Å². The molecule has 4 aromatic rings. The topological polar surface area (TPSA) is 81.8 Å². The van der Waals surface area contributed by atoms with E-state index in [2.05, 4.69) is 38.3 Å². The van der Waals surface area contributed by atoms with Gasteiger partial charge >= 0.3 is 0 Å². The average molecular weight is 462 g/mol. The third-order valence-corrected chi connectivity index (χ3v) is 6.74. The van der Waals surface area contributed by atoms with Gasteiger partial charge in [-0.25, -0.2) is 0 Å². The van der Waals surface area contributed by atoms with Crippen LogP contribution in [0.1, 0.15) is 52.2 Å². The third kappa shape index (κ3) is 3.72. The Balaban J connectivity index is 1.44. The summed E-state index contributed by atoms with van der Waals surface area (Å²) in [5, 5.41) is 12.1. The number of carbonyl (C=O) groups is 2. The van der Waals surface area contributed by atoms with Gasteiger partial charge in [0.1, 0.15) is 12.7 Å². The minimum Gasteiger partial charge on any atom is -0.345 e. The number of amides is 1. The first-order valence-electron chi connectivity index (χ1n) is 10.9. The maximum atomic E-state index is 13.2. The highest BCUT2D eigenvalue weighted by Crippen LogP contribution is 2.35. The van der Waals surface area contributed by atoms with Gasteiger partial charge in [0.2, 0.25) is 0 Å².